The molecule has 0 fully saturated rings. The molecule has 124 valence electrons. The van der Waals surface area contributed by atoms with Crippen molar-refractivity contribution in [3.05, 3.63) is 74.3 Å². The summed E-state index contributed by atoms with van der Waals surface area (Å²) >= 11 is 0. The van der Waals surface area contributed by atoms with Crippen molar-refractivity contribution < 1.29 is 19.2 Å². The standard InChI is InChI=1S/C18H17NO5/c1-11-8-12(2)17(13(3)9-11)16(20)10-24-18(21)14-4-6-15(7-5-14)19(22)23/h4-9H,10H2,1-3H3. The van der Waals surface area contributed by atoms with Crippen LogP contribution in [0.15, 0.2) is 36.4 Å². The molecule has 24 heavy (non-hydrogen) atoms. The molecule has 0 spiro atoms. The normalized spacial score (nSPS) is 10.3. The van der Waals surface area contributed by atoms with Crippen LogP contribution >= 0.6 is 0 Å². The van der Waals surface area contributed by atoms with Gasteiger partial charge in [0.15, 0.2) is 6.61 Å². The maximum Gasteiger partial charge on any atom is 0.338 e. The zero-order valence-electron chi connectivity index (χ0n) is 13.7. The Hall–Kier alpha value is -3.02. The number of nitro groups is 1. The third-order valence-corrected chi connectivity index (χ3v) is 3.60. The summed E-state index contributed by atoms with van der Waals surface area (Å²) in [5.74, 6) is -0.971. The number of aryl methyl sites for hydroxylation is 3. The van der Waals surface area contributed by atoms with E-state index in [0.717, 1.165) is 16.7 Å². The highest BCUT2D eigenvalue weighted by Gasteiger charge is 2.16. The lowest BCUT2D eigenvalue weighted by Crippen LogP contribution is -2.16. The van der Waals surface area contributed by atoms with Crippen molar-refractivity contribution in [2.75, 3.05) is 6.61 Å². The molecule has 0 radical (unpaired) electrons. The predicted octanol–water partition coefficient (Wildman–Crippen LogP) is 3.56. The van der Waals surface area contributed by atoms with E-state index in [-0.39, 0.29) is 23.6 Å². The number of rotatable bonds is 5. The first-order valence-electron chi connectivity index (χ1n) is 7.32. The third kappa shape index (κ3) is 3.84. The van der Waals surface area contributed by atoms with Crippen LogP contribution in [0.1, 0.15) is 37.4 Å². The molecule has 0 atom stereocenters. The SMILES string of the molecule is Cc1cc(C)c(C(=O)COC(=O)c2ccc([N+](=O)[O-])cc2)c(C)c1. The monoisotopic (exact) mass is 327 g/mol. The topological polar surface area (TPSA) is 86.5 Å². The molecular weight excluding hydrogens is 310 g/mol. The molecule has 0 aliphatic heterocycles. The van der Waals surface area contributed by atoms with E-state index in [1.807, 2.05) is 32.9 Å². The van der Waals surface area contributed by atoms with Crippen molar-refractivity contribution >= 4 is 17.4 Å². The first-order chi connectivity index (χ1) is 11.3. The van der Waals surface area contributed by atoms with Crippen LogP contribution < -0.4 is 0 Å². The maximum atomic E-state index is 12.3. The second-order valence-electron chi connectivity index (χ2n) is 5.58. The highest BCUT2D eigenvalue weighted by Crippen LogP contribution is 2.18. The van der Waals surface area contributed by atoms with E-state index in [4.69, 9.17) is 4.74 Å². The Morgan fingerprint density at radius 2 is 1.58 bits per heavy atom. The Balaban J connectivity index is 2.06. The number of nitro benzene ring substituents is 1. The summed E-state index contributed by atoms with van der Waals surface area (Å²) in [4.78, 5) is 34.3. The zero-order valence-corrected chi connectivity index (χ0v) is 13.7. The van der Waals surface area contributed by atoms with Gasteiger partial charge in [-0.3, -0.25) is 14.9 Å². The van der Waals surface area contributed by atoms with Crippen molar-refractivity contribution in [1.82, 2.24) is 0 Å². The van der Waals surface area contributed by atoms with Gasteiger partial charge in [-0.15, -0.1) is 0 Å². The molecule has 2 aromatic rings. The molecule has 0 N–H and O–H groups in total. The van der Waals surface area contributed by atoms with Crippen LogP contribution in [0.2, 0.25) is 0 Å². The van der Waals surface area contributed by atoms with Gasteiger partial charge in [0, 0.05) is 17.7 Å². The molecule has 0 heterocycles. The lowest BCUT2D eigenvalue weighted by Gasteiger charge is -2.10. The molecule has 0 unspecified atom stereocenters. The molecule has 0 saturated carbocycles. The van der Waals surface area contributed by atoms with Crippen molar-refractivity contribution in [1.29, 1.82) is 0 Å². The quantitative estimate of drug-likeness (QED) is 0.363. The van der Waals surface area contributed by atoms with Crippen LogP contribution in [0.5, 0.6) is 0 Å². The average molecular weight is 327 g/mol. The Morgan fingerprint density at radius 3 is 2.08 bits per heavy atom. The van der Waals surface area contributed by atoms with Crippen LogP contribution in [0.3, 0.4) is 0 Å². The van der Waals surface area contributed by atoms with Gasteiger partial charge in [0.2, 0.25) is 5.78 Å². The smallest absolute Gasteiger partial charge is 0.338 e. The number of ketones is 1. The molecule has 0 aromatic heterocycles. The molecule has 0 amide bonds. The lowest BCUT2D eigenvalue weighted by molar-refractivity contribution is -0.384. The molecule has 2 aromatic carbocycles. The first-order valence-corrected chi connectivity index (χ1v) is 7.32. The Kier molecular flexibility index (Phi) is 5.08. The number of carbonyl (C=O) groups excluding carboxylic acids is 2. The summed E-state index contributed by atoms with van der Waals surface area (Å²) < 4.78 is 5.03. The predicted molar refractivity (Wildman–Crippen MR) is 88.4 cm³/mol. The summed E-state index contributed by atoms with van der Waals surface area (Å²) in [5, 5.41) is 10.6. The molecule has 0 aliphatic carbocycles. The Bertz CT molecular complexity index is 786. The fraction of sp³-hybridized carbons (Fsp3) is 0.222. The molecular formula is C18H17NO5. The largest absolute Gasteiger partial charge is 0.454 e. The van der Waals surface area contributed by atoms with E-state index in [9.17, 15) is 19.7 Å². The number of hydrogen-bond acceptors (Lipinski definition) is 5. The highest BCUT2D eigenvalue weighted by molar-refractivity contribution is 6.01. The van der Waals surface area contributed by atoms with Crippen LogP contribution in [0, 0.1) is 30.9 Å². The number of nitrogens with zero attached hydrogens (tertiary/aromatic N) is 1. The summed E-state index contributed by atoms with van der Waals surface area (Å²) in [6.07, 6.45) is 0. The lowest BCUT2D eigenvalue weighted by atomic mass is 9.97. The molecule has 0 aliphatic rings. The second kappa shape index (κ2) is 7.04. The van der Waals surface area contributed by atoms with Crippen molar-refractivity contribution in [2.24, 2.45) is 0 Å². The van der Waals surface area contributed by atoms with Crippen molar-refractivity contribution in [2.45, 2.75) is 20.8 Å². The highest BCUT2D eigenvalue weighted by atomic mass is 16.6. The second-order valence-corrected chi connectivity index (χ2v) is 5.58. The van der Waals surface area contributed by atoms with E-state index < -0.39 is 10.9 Å². The van der Waals surface area contributed by atoms with Gasteiger partial charge in [-0.2, -0.15) is 0 Å². The first kappa shape index (κ1) is 17.3. The van der Waals surface area contributed by atoms with E-state index >= 15 is 0 Å². The fourth-order valence-electron chi connectivity index (χ4n) is 2.63. The number of esters is 1. The van der Waals surface area contributed by atoms with Gasteiger partial charge in [-0.1, -0.05) is 17.7 Å². The Labute approximate surface area is 139 Å². The van der Waals surface area contributed by atoms with Crippen molar-refractivity contribution in [3.63, 3.8) is 0 Å². The summed E-state index contributed by atoms with van der Waals surface area (Å²) in [6.45, 7) is 5.25. The fourth-order valence-corrected chi connectivity index (χ4v) is 2.63. The maximum absolute atomic E-state index is 12.3. The molecule has 0 saturated heterocycles. The van der Waals surface area contributed by atoms with Gasteiger partial charge in [-0.25, -0.2) is 4.79 Å². The van der Waals surface area contributed by atoms with Gasteiger partial charge in [-0.05, 0) is 44.0 Å². The number of ether oxygens (including phenoxy) is 1. The van der Waals surface area contributed by atoms with Crippen molar-refractivity contribution in [3.8, 4) is 0 Å². The summed E-state index contributed by atoms with van der Waals surface area (Å²) in [7, 11) is 0. The minimum atomic E-state index is -0.694. The molecule has 6 heteroatoms. The van der Waals surface area contributed by atoms with Crippen LogP contribution in [-0.2, 0) is 4.74 Å². The average Bonchev–Trinajstić information content (AvgIpc) is 2.51. The van der Waals surface area contributed by atoms with E-state index in [0.29, 0.717) is 5.56 Å². The minimum Gasteiger partial charge on any atom is -0.454 e. The van der Waals surface area contributed by atoms with E-state index in [1.165, 1.54) is 24.3 Å². The molecule has 0 bridgehead atoms. The Morgan fingerprint density at radius 1 is 1.04 bits per heavy atom. The number of Topliss-reactive ketones (excluding diaryl/α,β-unsaturated/α-hetero) is 1. The van der Waals surface area contributed by atoms with Crippen LogP contribution in [0.4, 0.5) is 5.69 Å². The molecule has 2 rings (SSSR count). The van der Waals surface area contributed by atoms with Gasteiger partial charge >= 0.3 is 5.97 Å². The number of benzene rings is 2. The number of hydrogen-bond donors (Lipinski definition) is 0. The van der Waals surface area contributed by atoms with E-state index in [2.05, 4.69) is 0 Å². The molecule has 6 nitrogen and oxygen atoms in total. The summed E-state index contributed by atoms with van der Waals surface area (Å²) in [6, 6.07) is 8.83. The van der Waals surface area contributed by atoms with Gasteiger partial charge in [0.1, 0.15) is 0 Å². The van der Waals surface area contributed by atoms with Gasteiger partial charge in [0.25, 0.3) is 5.69 Å². The number of non-ortho nitro benzene ring substituents is 1. The van der Waals surface area contributed by atoms with Crippen LogP contribution in [0.25, 0.3) is 0 Å². The van der Waals surface area contributed by atoms with E-state index in [1.54, 1.807) is 0 Å². The number of carbonyl (C=O) groups is 2. The third-order valence-electron chi connectivity index (χ3n) is 3.60. The van der Waals surface area contributed by atoms with Gasteiger partial charge in [0.05, 0.1) is 10.5 Å². The summed E-state index contributed by atoms with van der Waals surface area (Å²) in [5.41, 5.74) is 3.33. The zero-order chi connectivity index (χ0) is 17.9. The van der Waals surface area contributed by atoms with Crippen LogP contribution in [-0.4, -0.2) is 23.3 Å². The van der Waals surface area contributed by atoms with Gasteiger partial charge < -0.3 is 4.74 Å². The minimum absolute atomic E-state index is 0.117.